The topological polar surface area (TPSA) is 64.4 Å². The van der Waals surface area contributed by atoms with E-state index < -0.39 is 23.5 Å². The van der Waals surface area contributed by atoms with Crippen molar-refractivity contribution < 1.29 is 31.6 Å². The predicted octanol–water partition coefficient (Wildman–Crippen LogP) is 5.63. The van der Waals surface area contributed by atoms with Crippen LogP contribution in [0, 0.1) is 12.7 Å². The Kier molecular flexibility index (Phi) is 5.78. The van der Waals surface area contributed by atoms with Gasteiger partial charge in [-0.3, -0.25) is 4.79 Å². The Balaban J connectivity index is 1.82. The normalized spacial score (nSPS) is 11.4. The molecule has 0 atom stereocenters. The van der Waals surface area contributed by atoms with E-state index in [1.807, 2.05) is 0 Å². The molecule has 10 heteroatoms. The van der Waals surface area contributed by atoms with Gasteiger partial charge in [-0.1, -0.05) is 28.9 Å². The van der Waals surface area contributed by atoms with Crippen molar-refractivity contribution in [2.45, 2.75) is 19.7 Å². The molecule has 1 N–H and O–H groups in total. The molecule has 2 aromatic carbocycles. The summed E-state index contributed by atoms with van der Waals surface area (Å²) in [5.74, 6) is -1.25. The largest absolute Gasteiger partial charge is 0.486 e. The van der Waals surface area contributed by atoms with Crippen LogP contribution in [0.4, 0.5) is 23.2 Å². The second kappa shape index (κ2) is 8.12. The summed E-state index contributed by atoms with van der Waals surface area (Å²) in [7, 11) is 0. The van der Waals surface area contributed by atoms with Gasteiger partial charge >= 0.3 is 6.18 Å². The molecule has 0 fully saturated rings. The van der Waals surface area contributed by atoms with Gasteiger partial charge in [0, 0.05) is 0 Å². The molecule has 29 heavy (non-hydrogen) atoms. The predicted molar refractivity (Wildman–Crippen MR) is 96.4 cm³/mol. The van der Waals surface area contributed by atoms with Crippen molar-refractivity contribution in [1.82, 2.24) is 5.16 Å². The van der Waals surface area contributed by atoms with Crippen LogP contribution in [0.1, 0.15) is 27.4 Å². The number of aromatic nitrogens is 1. The van der Waals surface area contributed by atoms with Crippen LogP contribution in [0.2, 0.25) is 5.02 Å². The van der Waals surface area contributed by atoms with Crippen molar-refractivity contribution >= 4 is 23.2 Å². The standard InChI is InChI=1S/C19H13ClF4N2O3/c1-10-12(9-28-16-5-3-2-4-14(16)21)17(26-29-10)18(27)25-15-8-11(19(22,23)24)6-7-13(15)20/h2-8H,9H2,1H3,(H,25,27). The molecular formula is C19H13ClF4N2O3. The zero-order chi connectivity index (χ0) is 21.2. The van der Waals surface area contributed by atoms with Gasteiger partial charge in [-0.25, -0.2) is 4.39 Å². The number of para-hydroxylation sites is 1. The minimum Gasteiger partial charge on any atom is -0.486 e. The van der Waals surface area contributed by atoms with Crippen molar-refractivity contribution in [3.8, 4) is 5.75 Å². The summed E-state index contributed by atoms with van der Waals surface area (Å²) in [6.45, 7) is 1.27. The van der Waals surface area contributed by atoms with E-state index in [0.717, 1.165) is 12.1 Å². The third kappa shape index (κ3) is 4.68. The minimum atomic E-state index is -4.60. The van der Waals surface area contributed by atoms with Gasteiger partial charge in [-0.05, 0) is 37.3 Å². The number of ether oxygens (including phenoxy) is 1. The van der Waals surface area contributed by atoms with Gasteiger partial charge in [0.15, 0.2) is 17.3 Å². The number of halogens is 5. The molecule has 0 spiro atoms. The fraction of sp³-hybridized carbons (Fsp3) is 0.158. The Hall–Kier alpha value is -3.07. The number of nitrogens with one attached hydrogen (secondary N) is 1. The first kappa shape index (κ1) is 20.7. The van der Waals surface area contributed by atoms with Crippen molar-refractivity contribution in [2.24, 2.45) is 0 Å². The third-order valence-electron chi connectivity index (χ3n) is 3.95. The van der Waals surface area contributed by atoms with Gasteiger partial charge in [-0.15, -0.1) is 0 Å². The monoisotopic (exact) mass is 428 g/mol. The molecule has 0 aliphatic carbocycles. The molecule has 5 nitrogen and oxygen atoms in total. The lowest BCUT2D eigenvalue weighted by Crippen LogP contribution is -2.16. The van der Waals surface area contributed by atoms with Crippen LogP contribution in [0.15, 0.2) is 47.0 Å². The Morgan fingerprint density at radius 1 is 1.24 bits per heavy atom. The SMILES string of the molecule is Cc1onc(C(=O)Nc2cc(C(F)(F)F)ccc2Cl)c1COc1ccccc1F. The van der Waals surface area contributed by atoms with Gasteiger partial charge < -0.3 is 14.6 Å². The number of hydrogen-bond donors (Lipinski definition) is 1. The fourth-order valence-electron chi connectivity index (χ4n) is 2.43. The Morgan fingerprint density at radius 3 is 2.66 bits per heavy atom. The second-order valence-electron chi connectivity index (χ2n) is 5.93. The number of alkyl halides is 3. The van der Waals surface area contributed by atoms with E-state index in [2.05, 4.69) is 10.5 Å². The van der Waals surface area contributed by atoms with E-state index in [-0.39, 0.29) is 40.1 Å². The molecule has 0 aliphatic heterocycles. The highest BCUT2D eigenvalue weighted by Crippen LogP contribution is 2.34. The number of carbonyl (C=O) groups is 1. The zero-order valence-electron chi connectivity index (χ0n) is 14.8. The summed E-state index contributed by atoms with van der Waals surface area (Å²) < 4.78 is 62.7. The van der Waals surface area contributed by atoms with Gasteiger partial charge in [0.1, 0.15) is 12.4 Å². The smallest absolute Gasteiger partial charge is 0.416 e. The molecule has 152 valence electrons. The summed E-state index contributed by atoms with van der Waals surface area (Å²) in [5, 5.41) is 5.81. The quantitative estimate of drug-likeness (QED) is 0.535. The van der Waals surface area contributed by atoms with Gasteiger partial charge in [0.05, 0.1) is 21.8 Å². The first-order valence-electron chi connectivity index (χ1n) is 8.17. The van der Waals surface area contributed by atoms with Gasteiger partial charge in [0.2, 0.25) is 0 Å². The minimum absolute atomic E-state index is 0.0413. The molecule has 1 heterocycles. The highest BCUT2D eigenvalue weighted by Gasteiger charge is 2.31. The van der Waals surface area contributed by atoms with Crippen molar-refractivity contribution in [3.05, 3.63) is 75.9 Å². The molecule has 3 aromatic rings. The zero-order valence-corrected chi connectivity index (χ0v) is 15.6. The van der Waals surface area contributed by atoms with Gasteiger partial charge in [-0.2, -0.15) is 13.2 Å². The highest BCUT2D eigenvalue weighted by molar-refractivity contribution is 6.34. The van der Waals surface area contributed by atoms with Crippen LogP contribution in [0.3, 0.4) is 0 Å². The first-order valence-corrected chi connectivity index (χ1v) is 8.55. The second-order valence-corrected chi connectivity index (χ2v) is 6.34. The number of nitrogens with zero attached hydrogens (tertiary/aromatic N) is 1. The van der Waals surface area contributed by atoms with Crippen LogP contribution in [-0.4, -0.2) is 11.1 Å². The molecule has 1 aromatic heterocycles. The maximum Gasteiger partial charge on any atom is 0.416 e. The summed E-state index contributed by atoms with van der Waals surface area (Å²) >= 11 is 5.89. The fourth-order valence-corrected chi connectivity index (χ4v) is 2.59. The number of rotatable bonds is 5. The Morgan fingerprint density at radius 2 is 1.97 bits per heavy atom. The van der Waals surface area contributed by atoms with E-state index in [1.54, 1.807) is 6.07 Å². The van der Waals surface area contributed by atoms with Crippen LogP contribution in [0.5, 0.6) is 5.75 Å². The number of benzene rings is 2. The summed E-state index contributed by atoms with van der Waals surface area (Å²) in [6, 6.07) is 8.21. The van der Waals surface area contributed by atoms with E-state index >= 15 is 0 Å². The maximum absolute atomic E-state index is 13.7. The first-order chi connectivity index (χ1) is 13.7. The third-order valence-corrected chi connectivity index (χ3v) is 4.28. The highest BCUT2D eigenvalue weighted by atomic mass is 35.5. The Bertz CT molecular complexity index is 1050. The lowest BCUT2D eigenvalue weighted by Gasteiger charge is -2.11. The molecule has 1 amide bonds. The molecule has 3 rings (SSSR count). The van der Waals surface area contributed by atoms with Crippen molar-refractivity contribution in [2.75, 3.05) is 5.32 Å². The lowest BCUT2D eigenvalue weighted by atomic mass is 10.1. The van der Waals surface area contributed by atoms with Crippen LogP contribution in [0.25, 0.3) is 0 Å². The summed E-state index contributed by atoms with van der Waals surface area (Å²) in [6.07, 6.45) is -4.60. The number of aryl methyl sites for hydroxylation is 1. The average Bonchev–Trinajstić information content (AvgIpc) is 3.02. The Labute approximate surface area is 167 Å². The average molecular weight is 429 g/mol. The maximum atomic E-state index is 13.7. The molecule has 0 aliphatic rings. The number of amides is 1. The van der Waals surface area contributed by atoms with E-state index in [1.165, 1.54) is 25.1 Å². The number of anilines is 1. The summed E-state index contributed by atoms with van der Waals surface area (Å²) in [5.41, 5.74) is -1.22. The van der Waals surface area contributed by atoms with E-state index in [9.17, 15) is 22.4 Å². The van der Waals surface area contributed by atoms with Crippen molar-refractivity contribution in [3.63, 3.8) is 0 Å². The van der Waals surface area contributed by atoms with Crippen LogP contribution in [-0.2, 0) is 12.8 Å². The van der Waals surface area contributed by atoms with Gasteiger partial charge in [0.25, 0.3) is 5.91 Å². The van der Waals surface area contributed by atoms with Crippen molar-refractivity contribution in [1.29, 1.82) is 0 Å². The molecule has 0 radical (unpaired) electrons. The van der Waals surface area contributed by atoms with E-state index in [0.29, 0.717) is 6.07 Å². The molecular weight excluding hydrogens is 416 g/mol. The molecule has 0 unspecified atom stereocenters. The van der Waals surface area contributed by atoms with Crippen LogP contribution >= 0.6 is 11.6 Å². The number of hydrogen-bond acceptors (Lipinski definition) is 4. The van der Waals surface area contributed by atoms with E-state index in [4.69, 9.17) is 20.9 Å². The number of carbonyl (C=O) groups excluding carboxylic acids is 1. The molecule has 0 saturated heterocycles. The van der Waals surface area contributed by atoms with Crippen LogP contribution < -0.4 is 10.1 Å². The molecule has 0 saturated carbocycles. The molecule has 0 bridgehead atoms. The summed E-state index contributed by atoms with van der Waals surface area (Å²) in [4.78, 5) is 12.5. The lowest BCUT2D eigenvalue weighted by molar-refractivity contribution is -0.137.